The average Bonchev–Trinajstić information content (AvgIpc) is 3.50. The summed E-state index contributed by atoms with van der Waals surface area (Å²) in [7, 11) is 0. The Kier molecular flexibility index (Phi) is 7.18. The van der Waals surface area contributed by atoms with Crippen LogP contribution in [0.2, 0.25) is 5.02 Å². The van der Waals surface area contributed by atoms with Crippen molar-refractivity contribution < 1.29 is 19.6 Å². The lowest BCUT2D eigenvalue weighted by Gasteiger charge is -2.22. The molecule has 0 saturated carbocycles. The van der Waals surface area contributed by atoms with Crippen molar-refractivity contribution in [1.82, 2.24) is 15.2 Å². The maximum absolute atomic E-state index is 13.3. The van der Waals surface area contributed by atoms with Gasteiger partial charge in [-0.15, -0.1) is 10.2 Å². The predicted molar refractivity (Wildman–Crippen MR) is 143 cm³/mol. The Hall–Kier alpha value is -4.13. The van der Waals surface area contributed by atoms with Crippen LogP contribution >= 0.6 is 34.7 Å². The summed E-state index contributed by atoms with van der Waals surface area (Å²) >= 11 is 8.67. The second-order valence-corrected chi connectivity index (χ2v) is 10.6. The number of amides is 1. The SMILES string of the molecule is O=C1C(=O)N(c2nnc(SCc3ccccc3Cl)s2)C(c2cccc([N+](=O)[O-])c2)/C1=C(\O)c1ccncc1. The van der Waals surface area contributed by atoms with E-state index in [2.05, 4.69) is 15.2 Å². The third kappa shape index (κ3) is 4.88. The zero-order valence-corrected chi connectivity index (χ0v) is 21.6. The van der Waals surface area contributed by atoms with Crippen LogP contribution < -0.4 is 4.90 Å². The summed E-state index contributed by atoms with van der Waals surface area (Å²) in [6, 6.07) is 14.7. The Morgan fingerprint density at radius 2 is 1.87 bits per heavy atom. The smallest absolute Gasteiger partial charge is 0.301 e. The summed E-state index contributed by atoms with van der Waals surface area (Å²) in [5, 5.41) is 31.6. The zero-order chi connectivity index (χ0) is 26.8. The molecule has 4 aromatic rings. The summed E-state index contributed by atoms with van der Waals surface area (Å²) in [5.74, 6) is -1.81. The number of thioether (sulfide) groups is 1. The van der Waals surface area contributed by atoms with Crippen LogP contribution in [0.1, 0.15) is 22.7 Å². The van der Waals surface area contributed by atoms with Crippen molar-refractivity contribution in [2.45, 2.75) is 16.1 Å². The molecule has 2 aromatic carbocycles. The molecule has 1 aliphatic rings. The lowest BCUT2D eigenvalue weighted by molar-refractivity contribution is -0.384. The number of rotatable bonds is 7. The Bertz CT molecular complexity index is 1590. The summed E-state index contributed by atoms with van der Waals surface area (Å²) in [6.07, 6.45) is 2.86. The largest absolute Gasteiger partial charge is 0.507 e. The summed E-state index contributed by atoms with van der Waals surface area (Å²) in [5.41, 5.74) is 0.967. The van der Waals surface area contributed by atoms with Crippen molar-refractivity contribution >= 4 is 63.0 Å². The highest BCUT2D eigenvalue weighted by Gasteiger charge is 2.48. The molecule has 0 bridgehead atoms. The number of carbonyl (C=O) groups is 2. The minimum Gasteiger partial charge on any atom is -0.507 e. The van der Waals surface area contributed by atoms with Gasteiger partial charge in [-0.2, -0.15) is 0 Å². The molecule has 5 rings (SSSR count). The summed E-state index contributed by atoms with van der Waals surface area (Å²) in [4.78, 5) is 42.4. The number of benzene rings is 2. The number of aromatic nitrogens is 3. The van der Waals surface area contributed by atoms with Crippen LogP contribution in [0.4, 0.5) is 10.8 Å². The number of hydrogen-bond donors (Lipinski definition) is 1. The van der Waals surface area contributed by atoms with Crippen molar-refractivity contribution in [2.75, 3.05) is 4.90 Å². The van der Waals surface area contributed by atoms with Crippen molar-refractivity contribution in [3.8, 4) is 0 Å². The molecular formula is C25H16ClN5O5S2. The molecule has 1 fully saturated rings. The van der Waals surface area contributed by atoms with Crippen LogP contribution in [0.15, 0.2) is 83.0 Å². The standard InChI is InChI=1S/C25H16ClN5O5S2/c26-18-7-2-1-4-16(18)13-37-25-29-28-24(38-25)30-20(15-5-3-6-17(12-15)31(35)36)19(22(33)23(30)34)21(32)14-8-10-27-11-9-14/h1-12,20,32H,13H2/b21-19+. The molecule has 2 aromatic heterocycles. The van der Waals surface area contributed by atoms with Gasteiger partial charge < -0.3 is 5.11 Å². The van der Waals surface area contributed by atoms with Gasteiger partial charge in [0.05, 0.1) is 16.5 Å². The molecule has 38 heavy (non-hydrogen) atoms. The second-order valence-electron chi connectivity index (χ2n) is 7.99. The topological polar surface area (TPSA) is 139 Å². The van der Waals surface area contributed by atoms with E-state index in [0.29, 0.717) is 15.1 Å². The Balaban J connectivity index is 1.57. The molecule has 1 saturated heterocycles. The van der Waals surface area contributed by atoms with Gasteiger partial charge >= 0.3 is 5.91 Å². The normalized spacial score (nSPS) is 16.7. The highest BCUT2D eigenvalue weighted by Crippen LogP contribution is 2.44. The van der Waals surface area contributed by atoms with E-state index in [-0.39, 0.29) is 27.5 Å². The first-order valence-corrected chi connectivity index (χ1v) is 13.2. The van der Waals surface area contributed by atoms with E-state index < -0.39 is 28.4 Å². The van der Waals surface area contributed by atoms with E-state index >= 15 is 0 Å². The van der Waals surface area contributed by atoms with Crippen molar-refractivity contribution in [1.29, 1.82) is 0 Å². The fraction of sp³-hybridized carbons (Fsp3) is 0.0800. The first-order valence-electron chi connectivity index (χ1n) is 11.0. The van der Waals surface area contributed by atoms with E-state index in [4.69, 9.17) is 11.6 Å². The number of pyridine rings is 1. The van der Waals surface area contributed by atoms with Crippen LogP contribution in [-0.4, -0.2) is 36.9 Å². The van der Waals surface area contributed by atoms with Crippen molar-refractivity contribution in [3.05, 3.63) is 110 Å². The quantitative estimate of drug-likeness (QED) is 0.0592. The van der Waals surface area contributed by atoms with Gasteiger partial charge in [0.1, 0.15) is 5.76 Å². The minimum absolute atomic E-state index is 0.110. The van der Waals surface area contributed by atoms with Gasteiger partial charge in [-0.25, -0.2) is 0 Å². The van der Waals surface area contributed by atoms with Crippen molar-refractivity contribution in [2.24, 2.45) is 0 Å². The summed E-state index contributed by atoms with van der Waals surface area (Å²) < 4.78 is 0.522. The molecule has 0 radical (unpaired) electrons. The predicted octanol–water partition coefficient (Wildman–Crippen LogP) is 5.41. The number of nitro groups is 1. The molecule has 1 amide bonds. The number of nitrogens with zero attached hydrogens (tertiary/aromatic N) is 5. The van der Waals surface area contributed by atoms with Crippen LogP contribution in [0, 0.1) is 10.1 Å². The second kappa shape index (κ2) is 10.7. The number of non-ortho nitro benzene ring substituents is 1. The maximum atomic E-state index is 13.3. The van der Waals surface area contributed by atoms with E-state index in [1.54, 1.807) is 12.1 Å². The Morgan fingerprint density at radius 3 is 2.61 bits per heavy atom. The Labute approximate surface area is 228 Å². The fourth-order valence-electron chi connectivity index (χ4n) is 3.93. The molecule has 13 heteroatoms. The van der Waals surface area contributed by atoms with Crippen LogP contribution in [0.5, 0.6) is 0 Å². The first-order chi connectivity index (χ1) is 18.3. The van der Waals surface area contributed by atoms with Crippen LogP contribution in [0.25, 0.3) is 5.76 Å². The highest BCUT2D eigenvalue weighted by atomic mass is 35.5. The van der Waals surface area contributed by atoms with E-state index in [0.717, 1.165) is 21.8 Å². The number of anilines is 1. The van der Waals surface area contributed by atoms with Crippen LogP contribution in [0.3, 0.4) is 0 Å². The van der Waals surface area contributed by atoms with Gasteiger partial charge in [0.2, 0.25) is 5.13 Å². The molecule has 1 atom stereocenters. The molecule has 1 N–H and O–H groups in total. The maximum Gasteiger partial charge on any atom is 0.301 e. The zero-order valence-electron chi connectivity index (χ0n) is 19.2. The minimum atomic E-state index is -1.17. The van der Waals surface area contributed by atoms with E-state index in [9.17, 15) is 24.8 Å². The molecule has 0 spiro atoms. The molecule has 190 valence electrons. The number of ketones is 1. The number of halogens is 1. The Morgan fingerprint density at radius 1 is 1.11 bits per heavy atom. The van der Waals surface area contributed by atoms with E-state index in [1.807, 2.05) is 18.2 Å². The number of hydrogen-bond acceptors (Lipinski definition) is 10. The third-order valence-electron chi connectivity index (χ3n) is 5.71. The van der Waals surface area contributed by atoms with Gasteiger partial charge in [-0.3, -0.25) is 29.6 Å². The molecule has 1 aliphatic heterocycles. The first kappa shape index (κ1) is 25.5. The van der Waals surface area contributed by atoms with Gasteiger partial charge in [0.15, 0.2) is 4.34 Å². The van der Waals surface area contributed by atoms with Gasteiger partial charge in [0, 0.05) is 40.9 Å². The summed E-state index contributed by atoms with van der Waals surface area (Å²) in [6.45, 7) is 0. The average molecular weight is 566 g/mol. The number of aliphatic hydroxyl groups is 1. The number of nitro benzene ring substituents is 1. The fourth-order valence-corrected chi connectivity index (χ4v) is 6.09. The van der Waals surface area contributed by atoms with Gasteiger partial charge in [0.25, 0.3) is 11.5 Å². The van der Waals surface area contributed by atoms with Crippen LogP contribution in [-0.2, 0) is 15.3 Å². The lowest BCUT2D eigenvalue weighted by atomic mass is 9.95. The molecular weight excluding hydrogens is 550 g/mol. The number of aliphatic hydroxyl groups excluding tert-OH is 1. The van der Waals surface area contributed by atoms with Gasteiger partial charge in [-0.1, -0.05) is 65.0 Å². The van der Waals surface area contributed by atoms with Gasteiger partial charge in [-0.05, 0) is 29.3 Å². The third-order valence-corrected chi connectivity index (χ3v) is 8.18. The monoisotopic (exact) mass is 565 g/mol. The molecule has 3 heterocycles. The molecule has 0 aliphatic carbocycles. The van der Waals surface area contributed by atoms with Crippen molar-refractivity contribution in [3.63, 3.8) is 0 Å². The molecule has 1 unspecified atom stereocenters. The lowest BCUT2D eigenvalue weighted by Crippen LogP contribution is -2.29. The highest BCUT2D eigenvalue weighted by molar-refractivity contribution is 8.00. The number of Topliss-reactive ketones (excluding diaryl/α,β-unsaturated/α-hetero) is 1. The molecule has 10 nitrogen and oxygen atoms in total. The number of carbonyl (C=O) groups excluding carboxylic acids is 2. The van der Waals surface area contributed by atoms with E-state index in [1.165, 1.54) is 54.5 Å².